The Balaban J connectivity index is 1.41. The zero-order chi connectivity index (χ0) is 27.0. The van der Waals surface area contributed by atoms with E-state index in [1.807, 2.05) is 18.2 Å². The monoisotopic (exact) mass is 563 g/mol. The standard InChI is InChI=1S/C24H33N7O5S2/c1-3-9-37-24-26-22(25-17-12-16(17)13-5-4-6-15(10-13)29-38(2,35)36)19-23(27-24)31(30-28-19)18-11-14(7-8-32)20(33)21(18)34/h4-6,10,14,16-18,20-21,29,32-34H,3,7-9,11-12H2,1-2H3,(H,25,26,27). The van der Waals surface area contributed by atoms with Gasteiger partial charge in [-0.3, -0.25) is 4.72 Å². The highest BCUT2D eigenvalue weighted by molar-refractivity contribution is 7.99. The van der Waals surface area contributed by atoms with E-state index in [2.05, 4.69) is 27.3 Å². The average Bonchev–Trinajstić information content (AvgIpc) is 3.42. The SMILES string of the molecule is CCCSc1nc(NC2CC2c2cccc(NS(C)(=O)=O)c2)c2nnn(C3CC(CCO)C(O)C3O)c2n1. The maximum Gasteiger partial charge on any atom is 0.229 e. The number of nitrogens with zero attached hydrogens (tertiary/aromatic N) is 5. The second-order valence-corrected chi connectivity index (χ2v) is 12.9. The van der Waals surface area contributed by atoms with E-state index in [9.17, 15) is 23.7 Å². The molecule has 2 heterocycles. The molecule has 12 nitrogen and oxygen atoms in total. The Bertz CT molecular complexity index is 1400. The number of aliphatic hydroxyl groups is 3. The van der Waals surface area contributed by atoms with Gasteiger partial charge in [-0.2, -0.15) is 0 Å². The van der Waals surface area contributed by atoms with Crippen LogP contribution in [0.15, 0.2) is 29.4 Å². The van der Waals surface area contributed by atoms with Crippen molar-refractivity contribution < 1.29 is 23.7 Å². The molecule has 0 amide bonds. The van der Waals surface area contributed by atoms with Crippen LogP contribution in [0.3, 0.4) is 0 Å². The number of hydrogen-bond acceptors (Lipinski definition) is 11. The van der Waals surface area contributed by atoms with Gasteiger partial charge in [-0.05, 0) is 49.3 Å². The Kier molecular flexibility index (Phi) is 7.78. The van der Waals surface area contributed by atoms with Crippen LogP contribution >= 0.6 is 11.8 Å². The Morgan fingerprint density at radius 3 is 2.74 bits per heavy atom. The summed E-state index contributed by atoms with van der Waals surface area (Å²) in [6, 6.07) is 6.93. The summed E-state index contributed by atoms with van der Waals surface area (Å²) in [6.45, 7) is 2.01. The zero-order valence-corrected chi connectivity index (χ0v) is 22.9. The fourth-order valence-corrected chi connectivity index (χ4v) is 6.38. The number of aromatic nitrogens is 5. The van der Waals surface area contributed by atoms with Gasteiger partial charge in [0.1, 0.15) is 6.10 Å². The molecule has 38 heavy (non-hydrogen) atoms. The fraction of sp³-hybridized carbons (Fsp3) is 0.583. The normalized spacial score (nSPS) is 27.1. The first-order valence-corrected chi connectivity index (χ1v) is 15.6. The number of rotatable bonds is 11. The van der Waals surface area contributed by atoms with Crippen LogP contribution in [0.4, 0.5) is 11.5 Å². The first kappa shape index (κ1) is 27.1. The molecule has 1 aromatic carbocycles. The minimum atomic E-state index is -3.37. The lowest BCUT2D eigenvalue weighted by Crippen LogP contribution is -2.30. The molecular weight excluding hydrogens is 530 g/mol. The molecule has 0 aliphatic heterocycles. The molecule has 3 aromatic rings. The van der Waals surface area contributed by atoms with Crippen molar-refractivity contribution in [2.45, 2.75) is 68.0 Å². The number of thioether (sulfide) groups is 1. The molecular formula is C24H33N7O5S2. The van der Waals surface area contributed by atoms with Crippen LogP contribution in [0.5, 0.6) is 0 Å². The van der Waals surface area contributed by atoms with E-state index >= 15 is 0 Å². The summed E-state index contributed by atoms with van der Waals surface area (Å²) < 4.78 is 27.4. The van der Waals surface area contributed by atoms with Gasteiger partial charge in [0.05, 0.1) is 18.4 Å². The summed E-state index contributed by atoms with van der Waals surface area (Å²) in [4.78, 5) is 9.42. The van der Waals surface area contributed by atoms with Gasteiger partial charge >= 0.3 is 0 Å². The van der Waals surface area contributed by atoms with E-state index in [1.165, 1.54) is 11.8 Å². The van der Waals surface area contributed by atoms with Crippen LogP contribution in [0.25, 0.3) is 11.2 Å². The highest BCUT2D eigenvalue weighted by Gasteiger charge is 2.44. The number of aliphatic hydroxyl groups excluding tert-OH is 3. The molecule has 6 atom stereocenters. The van der Waals surface area contributed by atoms with Crippen LogP contribution in [-0.4, -0.2) is 85.6 Å². The number of benzene rings is 1. The summed E-state index contributed by atoms with van der Waals surface area (Å²) in [5.41, 5.74) is 2.51. The summed E-state index contributed by atoms with van der Waals surface area (Å²) in [7, 11) is -3.37. The Morgan fingerprint density at radius 1 is 1.18 bits per heavy atom. The summed E-state index contributed by atoms with van der Waals surface area (Å²) >= 11 is 1.52. The molecule has 6 unspecified atom stereocenters. The molecule has 2 aromatic heterocycles. The second kappa shape index (κ2) is 10.9. The van der Waals surface area contributed by atoms with Crippen molar-refractivity contribution in [1.82, 2.24) is 25.0 Å². The number of fused-ring (bicyclic) bond motifs is 1. The molecule has 2 fully saturated rings. The van der Waals surface area contributed by atoms with Gasteiger partial charge in [0, 0.05) is 30.0 Å². The van der Waals surface area contributed by atoms with Crippen molar-refractivity contribution in [3.8, 4) is 0 Å². The number of sulfonamides is 1. The molecule has 206 valence electrons. The first-order chi connectivity index (χ1) is 18.2. The van der Waals surface area contributed by atoms with Gasteiger partial charge in [0.2, 0.25) is 10.0 Å². The molecule has 14 heteroatoms. The Labute approximate surface area is 225 Å². The lowest BCUT2D eigenvalue weighted by Gasteiger charge is -2.17. The average molecular weight is 564 g/mol. The first-order valence-electron chi connectivity index (χ1n) is 12.8. The Hall–Kier alpha value is -2.52. The van der Waals surface area contributed by atoms with Gasteiger partial charge in [0.25, 0.3) is 0 Å². The Morgan fingerprint density at radius 2 is 2.00 bits per heavy atom. The van der Waals surface area contributed by atoms with Crippen LogP contribution in [-0.2, 0) is 10.0 Å². The maximum absolute atomic E-state index is 11.6. The third-order valence-corrected chi connectivity index (χ3v) is 8.71. The third kappa shape index (κ3) is 5.73. The highest BCUT2D eigenvalue weighted by atomic mass is 32.2. The number of anilines is 2. The van der Waals surface area contributed by atoms with Crippen molar-refractivity contribution in [2.24, 2.45) is 5.92 Å². The molecule has 5 rings (SSSR count). The summed E-state index contributed by atoms with van der Waals surface area (Å²) in [5.74, 6) is 1.32. The number of nitrogens with one attached hydrogen (secondary N) is 2. The maximum atomic E-state index is 11.6. The van der Waals surface area contributed by atoms with E-state index in [0.29, 0.717) is 40.7 Å². The second-order valence-electron chi connectivity index (χ2n) is 10.1. The van der Waals surface area contributed by atoms with Crippen LogP contribution in [0, 0.1) is 5.92 Å². The van der Waals surface area contributed by atoms with Gasteiger partial charge in [-0.25, -0.2) is 23.1 Å². The van der Waals surface area contributed by atoms with Crippen molar-refractivity contribution in [3.63, 3.8) is 0 Å². The van der Waals surface area contributed by atoms with E-state index in [0.717, 1.165) is 30.4 Å². The predicted molar refractivity (Wildman–Crippen MR) is 145 cm³/mol. The topological polar surface area (TPSA) is 175 Å². The molecule has 2 saturated carbocycles. The minimum absolute atomic E-state index is 0.0664. The van der Waals surface area contributed by atoms with E-state index < -0.39 is 28.3 Å². The van der Waals surface area contributed by atoms with Gasteiger partial charge in [-0.15, -0.1) is 5.10 Å². The minimum Gasteiger partial charge on any atom is -0.396 e. The van der Waals surface area contributed by atoms with Gasteiger partial charge in [-0.1, -0.05) is 36.0 Å². The molecule has 2 aliphatic carbocycles. The molecule has 2 aliphatic rings. The zero-order valence-electron chi connectivity index (χ0n) is 21.2. The van der Waals surface area contributed by atoms with Crippen LogP contribution in [0.2, 0.25) is 0 Å². The van der Waals surface area contributed by atoms with Gasteiger partial charge < -0.3 is 20.6 Å². The number of hydrogen-bond donors (Lipinski definition) is 5. The fourth-order valence-electron chi connectivity index (χ4n) is 5.13. The van der Waals surface area contributed by atoms with Crippen LogP contribution in [0.1, 0.15) is 50.1 Å². The largest absolute Gasteiger partial charge is 0.396 e. The smallest absolute Gasteiger partial charge is 0.229 e. The quantitative estimate of drug-likeness (QED) is 0.170. The molecule has 0 saturated heterocycles. The van der Waals surface area contributed by atoms with Crippen molar-refractivity contribution >= 4 is 44.5 Å². The van der Waals surface area contributed by atoms with Crippen molar-refractivity contribution in [2.75, 3.05) is 28.7 Å². The summed E-state index contributed by atoms with van der Waals surface area (Å²) in [6.07, 6.45) is 1.76. The van der Waals surface area contributed by atoms with Crippen molar-refractivity contribution in [3.05, 3.63) is 29.8 Å². The molecule has 5 N–H and O–H groups in total. The van der Waals surface area contributed by atoms with Crippen molar-refractivity contribution in [1.29, 1.82) is 0 Å². The lowest BCUT2D eigenvalue weighted by atomic mass is 10.0. The third-order valence-electron chi connectivity index (χ3n) is 7.05. The molecule has 0 spiro atoms. The highest BCUT2D eigenvalue weighted by Crippen LogP contribution is 2.44. The molecule has 0 radical (unpaired) electrons. The van der Waals surface area contributed by atoms with E-state index in [-0.39, 0.29) is 24.5 Å². The lowest BCUT2D eigenvalue weighted by molar-refractivity contribution is 0.00107. The summed E-state index contributed by atoms with van der Waals surface area (Å²) in [5, 5.41) is 43.3. The van der Waals surface area contributed by atoms with Crippen LogP contribution < -0.4 is 10.0 Å². The predicted octanol–water partition coefficient (Wildman–Crippen LogP) is 1.73. The van der Waals surface area contributed by atoms with Gasteiger partial charge in [0.15, 0.2) is 22.1 Å². The van der Waals surface area contributed by atoms with E-state index in [4.69, 9.17) is 9.97 Å². The molecule has 0 bridgehead atoms. The van der Waals surface area contributed by atoms with E-state index in [1.54, 1.807) is 10.7 Å².